The van der Waals surface area contributed by atoms with Crippen molar-refractivity contribution in [2.24, 2.45) is 0 Å². The fourth-order valence-corrected chi connectivity index (χ4v) is 1.93. The first-order valence-electron chi connectivity index (χ1n) is 4.71. The molecule has 2 heteroatoms. The van der Waals surface area contributed by atoms with Crippen molar-refractivity contribution in [2.75, 3.05) is 18.1 Å². The van der Waals surface area contributed by atoms with Gasteiger partial charge in [-0.05, 0) is 43.6 Å². The largest absolute Gasteiger partial charge is 0.396 e. The quantitative estimate of drug-likeness (QED) is 0.443. The first-order chi connectivity index (χ1) is 5.91. The highest BCUT2D eigenvalue weighted by Crippen LogP contribution is 2.08. The highest BCUT2D eigenvalue weighted by Gasteiger charge is 1.89. The Morgan fingerprint density at radius 1 is 1.08 bits per heavy atom. The van der Waals surface area contributed by atoms with Crippen LogP contribution in [0.4, 0.5) is 0 Å². The number of hydrogen-bond acceptors (Lipinski definition) is 2. The summed E-state index contributed by atoms with van der Waals surface area (Å²) in [5, 5.41) is 8.52. The molecule has 0 aromatic rings. The van der Waals surface area contributed by atoms with Gasteiger partial charge in [-0.1, -0.05) is 6.08 Å². The normalized spacial score (nSPS) is 10.1. The van der Waals surface area contributed by atoms with Crippen molar-refractivity contribution in [2.45, 2.75) is 32.1 Å². The van der Waals surface area contributed by atoms with E-state index in [0.717, 1.165) is 19.3 Å². The minimum atomic E-state index is 0.344. The Kier molecular flexibility index (Phi) is 11.1. The molecule has 0 radical (unpaired) electrons. The van der Waals surface area contributed by atoms with Gasteiger partial charge in [-0.2, -0.15) is 11.8 Å². The van der Waals surface area contributed by atoms with Crippen molar-refractivity contribution in [1.82, 2.24) is 0 Å². The molecule has 0 atom stereocenters. The van der Waals surface area contributed by atoms with Crippen LogP contribution in [-0.4, -0.2) is 23.2 Å². The van der Waals surface area contributed by atoms with Crippen LogP contribution in [0.25, 0.3) is 0 Å². The van der Waals surface area contributed by atoms with Gasteiger partial charge in [0, 0.05) is 6.61 Å². The Labute approximate surface area is 80.3 Å². The summed E-state index contributed by atoms with van der Waals surface area (Å²) in [6.45, 7) is 4.03. The first kappa shape index (κ1) is 12.0. The summed E-state index contributed by atoms with van der Waals surface area (Å²) in [6.07, 6.45) is 7.82. The van der Waals surface area contributed by atoms with Crippen LogP contribution < -0.4 is 0 Å². The molecular weight excluding hydrogens is 168 g/mol. The van der Waals surface area contributed by atoms with Crippen molar-refractivity contribution in [1.29, 1.82) is 0 Å². The van der Waals surface area contributed by atoms with Crippen LogP contribution in [0.1, 0.15) is 32.1 Å². The van der Waals surface area contributed by atoms with Crippen LogP contribution in [0.3, 0.4) is 0 Å². The molecule has 0 unspecified atom stereocenters. The second-order valence-electron chi connectivity index (χ2n) is 2.83. The van der Waals surface area contributed by atoms with Crippen LogP contribution in [0.5, 0.6) is 0 Å². The van der Waals surface area contributed by atoms with Gasteiger partial charge in [-0.15, -0.1) is 6.58 Å². The molecule has 0 aliphatic heterocycles. The van der Waals surface area contributed by atoms with Gasteiger partial charge in [-0.3, -0.25) is 0 Å². The van der Waals surface area contributed by atoms with Crippen molar-refractivity contribution in [3.63, 3.8) is 0 Å². The Morgan fingerprint density at radius 2 is 1.75 bits per heavy atom. The topological polar surface area (TPSA) is 20.2 Å². The smallest absolute Gasteiger partial charge is 0.0431 e. The van der Waals surface area contributed by atoms with E-state index in [4.69, 9.17) is 5.11 Å². The highest BCUT2D eigenvalue weighted by molar-refractivity contribution is 7.99. The van der Waals surface area contributed by atoms with Crippen LogP contribution in [-0.2, 0) is 0 Å². The number of allylic oxidation sites excluding steroid dienone is 1. The summed E-state index contributed by atoms with van der Waals surface area (Å²) in [7, 11) is 0. The average Bonchev–Trinajstić information content (AvgIpc) is 2.10. The van der Waals surface area contributed by atoms with Crippen LogP contribution in [0, 0.1) is 0 Å². The van der Waals surface area contributed by atoms with E-state index in [0.29, 0.717) is 6.61 Å². The molecule has 1 nitrogen and oxygen atoms in total. The lowest BCUT2D eigenvalue weighted by molar-refractivity contribution is 0.287. The van der Waals surface area contributed by atoms with Crippen molar-refractivity contribution in [3.05, 3.63) is 12.7 Å². The lowest BCUT2D eigenvalue weighted by Crippen LogP contribution is -1.87. The third-order valence-corrected chi connectivity index (χ3v) is 2.80. The summed E-state index contributed by atoms with van der Waals surface area (Å²) in [6, 6.07) is 0. The van der Waals surface area contributed by atoms with E-state index in [9.17, 15) is 0 Å². The zero-order valence-corrected chi connectivity index (χ0v) is 8.61. The molecule has 0 aromatic heterocycles. The van der Waals surface area contributed by atoms with E-state index in [1.807, 2.05) is 17.8 Å². The molecule has 0 amide bonds. The molecule has 0 saturated carbocycles. The SMILES string of the molecule is C=CCCCCSCCCCO. The maximum atomic E-state index is 8.52. The van der Waals surface area contributed by atoms with Gasteiger partial charge in [0.25, 0.3) is 0 Å². The highest BCUT2D eigenvalue weighted by atomic mass is 32.2. The lowest BCUT2D eigenvalue weighted by Gasteiger charge is -1.99. The fourth-order valence-electron chi connectivity index (χ4n) is 0.911. The molecule has 12 heavy (non-hydrogen) atoms. The molecule has 0 aliphatic carbocycles. The summed E-state index contributed by atoms with van der Waals surface area (Å²) < 4.78 is 0. The number of aliphatic hydroxyl groups excluding tert-OH is 1. The first-order valence-corrected chi connectivity index (χ1v) is 5.86. The standard InChI is InChI=1S/C10H20OS/c1-2-3-4-6-9-12-10-7-5-8-11/h2,11H,1,3-10H2. The Hall–Kier alpha value is 0.0500. The Morgan fingerprint density at radius 3 is 2.33 bits per heavy atom. The molecule has 0 spiro atoms. The number of hydrogen-bond donors (Lipinski definition) is 1. The second-order valence-corrected chi connectivity index (χ2v) is 4.05. The maximum Gasteiger partial charge on any atom is 0.0431 e. The van der Waals surface area contributed by atoms with E-state index in [2.05, 4.69) is 6.58 Å². The molecule has 0 aromatic carbocycles. The van der Waals surface area contributed by atoms with E-state index in [1.165, 1.54) is 24.3 Å². The van der Waals surface area contributed by atoms with Crippen molar-refractivity contribution < 1.29 is 5.11 Å². The van der Waals surface area contributed by atoms with Crippen molar-refractivity contribution in [3.8, 4) is 0 Å². The van der Waals surface area contributed by atoms with Gasteiger partial charge in [-0.25, -0.2) is 0 Å². The Bertz CT molecular complexity index is 93.8. The molecule has 0 fully saturated rings. The van der Waals surface area contributed by atoms with E-state index < -0.39 is 0 Å². The summed E-state index contributed by atoms with van der Waals surface area (Å²) in [5.74, 6) is 2.47. The van der Waals surface area contributed by atoms with Gasteiger partial charge in [0.2, 0.25) is 0 Å². The van der Waals surface area contributed by atoms with E-state index in [1.54, 1.807) is 0 Å². The molecule has 0 heterocycles. The predicted molar refractivity (Wildman–Crippen MR) is 57.7 cm³/mol. The molecule has 72 valence electrons. The van der Waals surface area contributed by atoms with Crippen molar-refractivity contribution >= 4 is 11.8 Å². The van der Waals surface area contributed by atoms with Gasteiger partial charge in [0.1, 0.15) is 0 Å². The monoisotopic (exact) mass is 188 g/mol. The minimum absolute atomic E-state index is 0.344. The van der Waals surface area contributed by atoms with Crippen LogP contribution in [0.2, 0.25) is 0 Å². The maximum absolute atomic E-state index is 8.52. The van der Waals surface area contributed by atoms with E-state index >= 15 is 0 Å². The molecule has 1 N–H and O–H groups in total. The zero-order chi connectivity index (χ0) is 9.07. The summed E-state index contributed by atoms with van der Waals surface area (Å²) >= 11 is 2.00. The lowest BCUT2D eigenvalue weighted by atomic mass is 10.2. The molecule has 0 aliphatic rings. The fraction of sp³-hybridized carbons (Fsp3) is 0.800. The summed E-state index contributed by atoms with van der Waals surface area (Å²) in [5.41, 5.74) is 0. The van der Waals surface area contributed by atoms with Gasteiger partial charge >= 0.3 is 0 Å². The third kappa shape index (κ3) is 10.0. The number of unbranched alkanes of at least 4 members (excludes halogenated alkanes) is 3. The minimum Gasteiger partial charge on any atom is -0.396 e. The van der Waals surface area contributed by atoms with Crippen LogP contribution >= 0.6 is 11.8 Å². The average molecular weight is 188 g/mol. The molecular formula is C10H20OS. The second kappa shape index (κ2) is 11.1. The molecule has 0 bridgehead atoms. The number of aliphatic hydroxyl groups is 1. The molecule has 0 rings (SSSR count). The summed E-state index contributed by atoms with van der Waals surface area (Å²) in [4.78, 5) is 0. The van der Waals surface area contributed by atoms with Gasteiger partial charge in [0.15, 0.2) is 0 Å². The number of rotatable bonds is 9. The van der Waals surface area contributed by atoms with Crippen LogP contribution in [0.15, 0.2) is 12.7 Å². The van der Waals surface area contributed by atoms with Gasteiger partial charge < -0.3 is 5.11 Å². The third-order valence-electron chi connectivity index (χ3n) is 1.64. The number of thioether (sulfide) groups is 1. The Balaban J connectivity index is 2.77. The van der Waals surface area contributed by atoms with Gasteiger partial charge in [0.05, 0.1) is 0 Å². The predicted octanol–water partition coefficient (Wildman–Crippen LogP) is 2.85. The zero-order valence-electron chi connectivity index (χ0n) is 7.80. The molecule has 0 saturated heterocycles. The van der Waals surface area contributed by atoms with E-state index in [-0.39, 0.29) is 0 Å².